The van der Waals surface area contributed by atoms with Crippen LogP contribution in [0, 0.1) is 0 Å². The van der Waals surface area contributed by atoms with Gasteiger partial charge in [-0.15, -0.1) is 0 Å². The van der Waals surface area contributed by atoms with Crippen molar-refractivity contribution in [1.82, 2.24) is 10.3 Å². The number of methoxy groups -OCH3 is 1. The molecule has 0 saturated carbocycles. The van der Waals surface area contributed by atoms with Gasteiger partial charge in [0.15, 0.2) is 0 Å². The third-order valence-electron chi connectivity index (χ3n) is 2.35. The van der Waals surface area contributed by atoms with Gasteiger partial charge in [0.25, 0.3) is 0 Å². The van der Waals surface area contributed by atoms with Crippen molar-refractivity contribution >= 4 is 0 Å². The van der Waals surface area contributed by atoms with E-state index in [9.17, 15) is 0 Å². The SMILES string of the molecule is CCC1CNCCO1.COc1ccncc1. The summed E-state index contributed by atoms with van der Waals surface area (Å²) in [5.74, 6) is 0.847. The Morgan fingerprint density at radius 2 is 2.25 bits per heavy atom. The Morgan fingerprint density at radius 3 is 2.62 bits per heavy atom. The fourth-order valence-corrected chi connectivity index (χ4v) is 1.36. The number of ether oxygens (including phenoxy) is 2. The smallest absolute Gasteiger partial charge is 0.121 e. The Morgan fingerprint density at radius 1 is 1.50 bits per heavy atom. The Balaban J connectivity index is 0.000000160. The lowest BCUT2D eigenvalue weighted by atomic mass is 10.2. The van der Waals surface area contributed by atoms with Gasteiger partial charge in [-0.3, -0.25) is 4.98 Å². The van der Waals surface area contributed by atoms with Crippen LogP contribution >= 0.6 is 0 Å². The lowest BCUT2D eigenvalue weighted by Gasteiger charge is -2.21. The first-order valence-electron chi connectivity index (χ1n) is 5.63. The maximum absolute atomic E-state index is 5.36. The van der Waals surface area contributed by atoms with E-state index >= 15 is 0 Å². The van der Waals surface area contributed by atoms with Crippen LogP contribution in [0.4, 0.5) is 0 Å². The van der Waals surface area contributed by atoms with Crippen molar-refractivity contribution in [2.75, 3.05) is 26.8 Å². The number of hydrogen-bond donors (Lipinski definition) is 1. The molecule has 0 radical (unpaired) electrons. The molecular weight excluding hydrogens is 204 g/mol. The molecule has 1 unspecified atom stereocenters. The molecule has 1 saturated heterocycles. The van der Waals surface area contributed by atoms with Crippen LogP contribution in [0.3, 0.4) is 0 Å². The van der Waals surface area contributed by atoms with E-state index in [0.717, 1.165) is 31.9 Å². The summed E-state index contributed by atoms with van der Waals surface area (Å²) >= 11 is 0. The summed E-state index contributed by atoms with van der Waals surface area (Å²) in [6.45, 7) is 5.10. The average Bonchev–Trinajstić information content (AvgIpc) is 2.41. The minimum atomic E-state index is 0.476. The van der Waals surface area contributed by atoms with E-state index in [1.54, 1.807) is 31.6 Å². The summed E-state index contributed by atoms with van der Waals surface area (Å²) in [4.78, 5) is 3.81. The standard InChI is InChI=1S/C6H7NO.C6H13NO/c1-8-6-2-4-7-5-3-6;1-2-6-5-7-3-4-8-6/h2-5H,1H3;6-7H,2-5H2,1H3. The molecule has 4 heteroatoms. The van der Waals surface area contributed by atoms with Gasteiger partial charge in [-0.05, 0) is 18.6 Å². The van der Waals surface area contributed by atoms with Gasteiger partial charge in [-0.1, -0.05) is 6.92 Å². The van der Waals surface area contributed by atoms with E-state index in [1.165, 1.54) is 0 Å². The summed E-state index contributed by atoms with van der Waals surface area (Å²) in [5.41, 5.74) is 0. The van der Waals surface area contributed by atoms with E-state index < -0.39 is 0 Å². The summed E-state index contributed by atoms with van der Waals surface area (Å²) in [6, 6.07) is 3.61. The molecule has 90 valence electrons. The van der Waals surface area contributed by atoms with Gasteiger partial charge in [0, 0.05) is 25.5 Å². The van der Waals surface area contributed by atoms with Crippen molar-refractivity contribution in [3.05, 3.63) is 24.5 Å². The number of nitrogens with one attached hydrogen (secondary N) is 1. The first kappa shape index (κ1) is 12.9. The number of pyridine rings is 1. The lowest BCUT2D eigenvalue weighted by molar-refractivity contribution is 0.0267. The first-order chi connectivity index (χ1) is 7.86. The van der Waals surface area contributed by atoms with Gasteiger partial charge >= 0.3 is 0 Å². The van der Waals surface area contributed by atoms with Crippen molar-refractivity contribution in [2.24, 2.45) is 0 Å². The zero-order chi connectivity index (χ0) is 11.6. The molecule has 2 heterocycles. The number of nitrogens with zero attached hydrogens (tertiary/aromatic N) is 1. The van der Waals surface area contributed by atoms with E-state index in [2.05, 4.69) is 17.2 Å². The molecule has 1 N–H and O–H groups in total. The lowest BCUT2D eigenvalue weighted by Crippen LogP contribution is -2.37. The minimum absolute atomic E-state index is 0.476. The van der Waals surface area contributed by atoms with Crippen LogP contribution in [-0.2, 0) is 4.74 Å². The highest BCUT2D eigenvalue weighted by Gasteiger charge is 2.08. The molecule has 2 rings (SSSR count). The molecule has 1 aromatic heterocycles. The molecule has 4 nitrogen and oxygen atoms in total. The molecule has 0 amide bonds. The molecule has 0 spiro atoms. The van der Waals surface area contributed by atoms with E-state index in [1.807, 2.05) is 0 Å². The third kappa shape index (κ3) is 5.09. The van der Waals surface area contributed by atoms with Crippen LogP contribution in [-0.4, -0.2) is 37.9 Å². The topological polar surface area (TPSA) is 43.4 Å². The van der Waals surface area contributed by atoms with Crippen molar-refractivity contribution in [2.45, 2.75) is 19.4 Å². The van der Waals surface area contributed by atoms with Gasteiger partial charge in [-0.25, -0.2) is 0 Å². The predicted molar refractivity (Wildman–Crippen MR) is 63.7 cm³/mol. The fourth-order valence-electron chi connectivity index (χ4n) is 1.36. The van der Waals surface area contributed by atoms with Crippen LogP contribution < -0.4 is 10.1 Å². The normalized spacial score (nSPS) is 19.5. The minimum Gasteiger partial charge on any atom is -0.497 e. The second-order valence-corrected chi connectivity index (χ2v) is 3.49. The largest absolute Gasteiger partial charge is 0.497 e. The van der Waals surface area contributed by atoms with E-state index in [4.69, 9.17) is 9.47 Å². The van der Waals surface area contributed by atoms with Gasteiger partial charge in [0.2, 0.25) is 0 Å². The zero-order valence-corrected chi connectivity index (χ0v) is 9.98. The van der Waals surface area contributed by atoms with Gasteiger partial charge < -0.3 is 14.8 Å². The van der Waals surface area contributed by atoms with Crippen LogP contribution in [0.15, 0.2) is 24.5 Å². The maximum Gasteiger partial charge on any atom is 0.121 e. The monoisotopic (exact) mass is 224 g/mol. The number of hydrogen-bond acceptors (Lipinski definition) is 4. The second kappa shape index (κ2) is 8.07. The molecule has 1 fully saturated rings. The average molecular weight is 224 g/mol. The van der Waals surface area contributed by atoms with Crippen LogP contribution in [0.25, 0.3) is 0 Å². The summed E-state index contributed by atoms with van der Waals surface area (Å²) in [7, 11) is 1.63. The van der Waals surface area contributed by atoms with E-state index in [0.29, 0.717) is 6.10 Å². The first-order valence-corrected chi connectivity index (χ1v) is 5.63. The molecule has 16 heavy (non-hydrogen) atoms. The van der Waals surface area contributed by atoms with E-state index in [-0.39, 0.29) is 0 Å². The van der Waals surface area contributed by atoms with Crippen molar-refractivity contribution in [3.63, 3.8) is 0 Å². The number of aromatic nitrogens is 1. The van der Waals surface area contributed by atoms with Crippen molar-refractivity contribution in [1.29, 1.82) is 0 Å². The molecule has 1 aromatic rings. The van der Waals surface area contributed by atoms with Gasteiger partial charge in [0.05, 0.1) is 19.8 Å². The Kier molecular flexibility index (Phi) is 6.53. The van der Waals surface area contributed by atoms with Crippen molar-refractivity contribution < 1.29 is 9.47 Å². The molecule has 0 bridgehead atoms. The predicted octanol–water partition coefficient (Wildman–Crippen LogP) is 1.47. The molecule has 1 aliphatic rings. The summed E-state index contributed by atoms with van der Waals surface area (Å²) < 4.78 is 10.2. The second-order valence-electron chi connectivity index (χ2n) is 3.49. The van der Waals surface area contributed by atoms with Crippen LogP contribution in [0.1, 0.15) is 13.3 Å². The Labute approximate surface area is 97.0 Å². The highest BCUT2D eigenvalue weighted by molar-refractivity contribution is 5.16. The zero-order valence-electron chi connectivity index (χ0n) is 9.98. The molecule has 0 aliphatic carbocycles. The number of morpholine rings is 1. The molecule has 1 atom stereocenters. The maximum atomic E-state index is 5.36. The molecule has 1 aliphatic heterocycles. The third-order valence-corrected chi connectivity index (χ3v) is 2.35. The summed E-state index contributed by atoms with van der Waals surface area (Å²) in [5, 5.41) is 3.26. The van der Waals surface area contributed by atoms with Gasteiger partial charge in [-0.2, -0.15) is 0 Å². The number of rotatable bonds is 2. The summed E-state index contributed by atoms with van der Waals surface area (Å²) in [6.07, 6.45) is 4.99. The van der Waals surface area contributed by atoms with Crippen molar-refractivity contribution in [3.8, 4) is 5.75 Å². The Bertz CT molecular complexity index is 261. The highest BCUT2D eigenvalue weighted by Crippen LogP contribution is 2.03. The highest BCUT2D eigenvalue weighted by atomic mass is 16.5. The Hall–Kier alpha value is -1.13. The van der Waals surface area contributed by atoms with Crippen LogP contribution in [0.2, 0.25) is 0 Å². The quantitative estimate of drug-likeness (QED) is 0.826. The van der Waals surface area contributed by atoms with Crippen LogP contribution in [0.5, 0.6) is 5.75 Å². The molecule has 0 aromatic carbocycles. The van der Waals surface area contributed by atoms with Gasteiger partial charge in [0.1, 0.15) is 5.75 Å². The fraction of sp³-hybridized carbons (Fsp3) is 0.583. The molecular formula is C12H20N2O2.